The van der Waals surface area contributed by atoms with Crippen molar-refractivity contribution in [1.82, 2.24) is 9.78 Å². The summed E-state index contributed by atoms with van der Waals surface area (Å²) in [5, 5.41) is 18.8. The zero-order valence-electron chi connectivity index (χ0n) is 14.9. The summed E-state index contributed by atoms with van der Waals surface area (Å²) >= 11 is 0. The van der Waals surface area contributed by atoms with Crippen LogP contribution in [0.3, 0.4) is 0 Å². The zero-order chi connectivity index (χ0) is 17.3. The van der Waals surface area contributed by atoms with Gasteiger partial charge in [-0.1, -0.05) is 18.2 Å². The Morgan fingerprint density at radius 2 is 1.96 bits per heavy atom. The minimum absolute atomic E-state index is 0.0191. The van der Waals surface area contributed by atoms with Crippen molar-refractivity contribution in [1.29, 1.82) is 0 Å². The van der Waals surface area contributed by atoms with Gasteiger partial charge in [0.05, 0.1) is 23.1 Å². The third-order valence-electron chi connectivity index (χ3n) is 5.01. The summed E-state index contributed by atoms with van der Waals surface area (Å²) in [7, 11) is 1.94. The maximum absolute atomic E-state index is 10.8. The quantitative estimate of drug-likeness (QED) is 0.905. The minimum Gasteiger partial charge on any atom is -0.487 e. The topological polar surface area (TPSA) is 59.3 Å². The molecule has 3 rings (SSSR count). The van der Waals surface area contributed by atoms with E-state index >= 15 is 0 Å². The van der Waals surface area contributed by atoms with Gasteiger partial charge >= 0.3 is 0 Å². The van der Waals surface area contributed by atoms with Crippen molar-refractivity contribution in [3.05, 3.63) is 41.2 Å². The molecule has 2 aromatic rings. The number of hydrogen-bond donors (Lipinski definition) is 2. The largest absolute Gasteiger partial charge is 0.487 e. The summed E-state index contributed by atoms with van der Waals surface area (Å²) < 4.78 is 7.99. The van der Waals surface area contributed by atoms with Crippen LogP contribution in [-0.4, -0.2) is 33.1 Å². The van der Waals surface area contributed by atoms with Crippen molar-refractivity contribution in [2.45, 2.75) is 58.3 Å². The lowest BCUT2D eigenvalue weighted by molar-refractivity contribution is -0.00142. The fourth-order valence-electron chi connectivity index (χ4n) is 3.45. The van der Waals surface area contributed by atoms with E-state index < -0.39 is 6.10 Å². The molecule has 1 aromatic heterocycles. The molecule has 1 aliphatic rings. The van der Waals surface area contributed by atoms with Crippen LogP contribution in [0.25, 0.3) is 0 Å². The van der Waals surface area contributed by atoms with Gasteiger partial charge in [0.2, 0.25) is 0 Å². The van der Waals surface area contributed by atoms with Crippen LogP contribution in [0.4, 0.5) is 5.69 Å². The van der Waals surface area contributed by atoms with Crippen molar-refractivity contribution >= 4 is 5.69 Å². The minimum atomic E-state index is -0.544. The molecule has 2 N–H and O–H groups in total. The van der Waals surface area contributed by atoms with E-state index in [9.17, 15) is 5.11 Å². The number of aliphatic hydroxyl groups excluding tert-OH is 1. The lowest BCUT2D eigenvalue weighted by Gasteiger charge is -2.36. The average molecular weight is 329 g/mol. The third-order valence-corrected chi connectivity index (χ3v) is 5.01. The Morgan fingerprint density at radius 1 is 1.21 bits per heavy atom. The van der Waals surface area contributed by atoms with Gasteiger partial charge < -0.3 is 15.2 Å². The van der Waals surface area contributed by atoms with Gasteiger partial charge in [-0.3, -0.25) is 4.68 Å². The third kappa shape index (κ3) is 3.26. The number of para-hydroxylation sites is 1. The molecule has 0 amide bonds. The monoisotopic (exact) mass is 329 g/mol. The Kier molecular flexibility index (Phi) is 4.81. The molecule has 0 saturated heterocycles. The van der Waals surface area contributed by atoms with Crippen molar-refractivity contribution in [3.8, 4) is 5.75 Å². The lowest BCUT2D eigenvalue weighted by Crippen LogP contribution is -2.48. The van der Waals surface area contributed by atoms with Crippen molar-refractivity contribution < 1.29 is 9.84 Å². The molecule has 130 valence electrons. The molecule has 1 aromatic carbocycles. The molecule has 0 aliphatic heterocycles. The number of ether oxygens (including phenoxy) is 1. The highest BCUT2D eigenvalue weighted by Crippen LogP contribution is 2.29. The van der Waals surface area contributed by atoms with Crippen LogP contribution in [-0.2, 0) is 7.05 Å². The van der Waals surface area contributed by atoms with Gasteiger partial charge in [0.1, 0.15) is 18.0 Å². The highest BCUT2D eigenvalue weighted by Gasteiger charge is 2.34. The summed E-state index contributed by atoms with van der Waals surface area (Å²) in [6, 6.07) is 7.94. The number of aryl methyl sites for hydroxylation is 3. The second kappa shape index (κ2) is 6.85. The molecule has 5 nitrogen and oxygen atoms in total. The predicted molar refractivity (Wildman–Crippen MR) is 95.5 cm³/mol. The molecule has 0 unspecified atom stereocenters. The van der Waals surface area contributed by atoms with Crippen LogP contribution >= 0.6 is 0 Å². The fourth-order valence-corrected chi connectivity index (χ4v) is 3.45. The highest BCUT2D eigenvalue weighted by atomic mass is 16.5. The molecule has 3 atom stereocenters. The van der Waals surface area contributed by atoms with Crippen molar-refractivity contribution in [2.75, 3.05) is 5.32 Å². The van der Waals surface area contributed by atoms with E-state index in [0.717, 1.165) is 47.7 Å². The van der Waals surface area contributed by atoms with E-state index in [1.54, 1.807) is 0 Å². The standard InChI is InChI=1S/C19H27N3O2/c1-12-8-5-6-10-16(12)24-17-11-7-9-15(19(17)23)20-18-13(2)21-22(4)14(18)3/h5-6,8,10,15,17,19-20,23H,7,9,11H2,1-4H3/t15-,17+,19+/m0/s1. The molecule has 1 aliphatic carbocycles. The first-order valence-corrected chi connectivity index (χ1v) is 8.64. The van der Waals surface area contributed by atoms with Crippen molar-refractivity contribution in [3.63, 3.8) is 0 Å². The summed E-state index contributed by atoms with van der Waals surface area (Å²) in [5.41, 5.74) is 4.17. The molecule has 24 heavy (non-hydrogen) atoms. The van der Waals surface area contributed by atoms with E-state index in [1.165, 1.54) is 0 Å². The SMILES string of the molecule is Cc1ccccc1O[C@@H]1CCC[C@H](Nc2c(C)nn(C)c2C)[C@H]1O. The van der Waals surface area contributed by atoms with Gasteiger partial charge in [0, 0.05) is 7.05 Å². The molecule has 5 heteroatoms. The number of nitrogens with one attached hydrogen (secondary N) is 1. The first-order valence-electron chi connectivity index (χ1n) is 8.64. The fraction of sp³-hybridized carbons (Fsp3) is 0.526. The Hall–Kier alpha value is -2.01. The van der Waals surface area contributed by atoms with Gasteiger partial charge in [0.15, 0.2) is 0 Å². The molecule has 0 bridgehead atoms. The van der Waals surface area contributed by atoms with E-state index in [2.05, 4.69) is 10.4 Å². The Bertz CT molecular complexity index is 711. The van der Waals surface area contributed by atoms with Crippen LogP contribution in [0.2, 0.25) is 0 Å². The van der Waals surface area contributed by atoms with Crippen LogP contribution in [0, 0.1) is 20.8 Å². The van der Waals surface area contributed by atoms with E-state index in [0.29, 0.717) is 0 Å². The normalized spacial score (nSPS) is 24.0. The van der Waals surface area contributed by atoms with E-state index in [4.69, 9.17) is 4.74 Å². The number of aromatic nitrogens is 2. The maximum Gasteiger partial charge on any atom is 0.127 e. The molecule has 0 spiro atoms. The second-order valence-electron chi connectivity index (χ2n) is 6.76. The van der Waals surface area contributed by atoms with Crippen LogP contribution in [0.5, 0.6) is 5.75 Å². The first kappa shape index (κ1) is 16.8. The first-order chi connectivity index (χ1) is 11.5. The molecule has 1 fully saturated rings. The Labute approximate surface area is 143 Å². The summed E-state index contributed by atoms with van der Waals surface area (Å²) in [6.07, 6.45) is 2.11. The van der Waals surface area contributed by atoms with E-state index in [1.807, 2.05) is 56.8 Å². The van der Waals surface area contributed by atoms with Gasteiger partial charge in [0.25, 0.3) is 0 Å². The number of hydrogen-bond acceptors (Lipinski definition) is 4. The second-order valence-corrected chi connectivity index (χ2v) is 6.76. The number of aliphatic hydroxyl groups is 1. The average Bonchev–Trinajstić information content (AvgIpc) is 2.79. The number of rotatable bonds is 4. The molecular formula is C19H27N3O2. The summed E-state index contributed by atoms with van der Waals surface area (Å²) in [4.78, 5) is 0. The van der Waals surface area contributed by atoms with Gasteiger partial charge in [-0.05, 0) is 51.7 Å². The zero-order valence-corrected chi connectivity index (χ0v) is 14.9. The van der Waals surface area contributed by atoms with E-state index in [-0.39, 0.29) is 12.1 Å². The number of anilines is 1. The van der Waals surface area contributed by atoms with Gasteiger partial charge in [-0.2, -0.15) is 5.10 Å². The Balaban J connectivity index is 1.73. The van der Waals surface area contributed by atoms with Crippen LogP contribution in [0.1, 0.15) is 36.2 Å². The smallest absolute Gasteiger partial charge is 0.127 e. The van der Waals surface area contributed by atoms with Crippen LogP contribution < -0.4 is 10.1 Å². The van der Waals surface area contributed by atoms with Crippen LogP contribution in [0.15, 0.2) is 24.3 Å². The lowest BCUT2D eigenvalue weighted by atomic mass is 9.89. The summed E-state index contributed by atoms with van der Waals surface area (Å²) in [6.45, 7) is 6.06. The van der Waals surface area contributed by atoms with Gasteiger partial charge in [-0.25, -0.2) is 0 Å². The van der Waals surface area contributed by atoms with Crippen molar-refractivity contribution in [2.24, 2.45) is 7.05 Å². The maximum atomic E-state index is 10.8. The molecular weight excluding hydrogens is 302 g/mol. The number of nitrogens with zero attached hydrogens (tertiary/aromatic N) is 2. The molecule has 1 saturated carbocycles. The number of benzene rings is 1. The highest BCUT2D eigenvalue weighted by molar-refractivity contribution is 5.53. The molecule has 1 heterocycles. The molecule has 0 radical (unpaired) electrons. The summed E-state index contributed by atoms with van der Waals surface area (Å²) in [5.74, 6) is 0.857. The predicted octanol–water partition coefficient (Wildman–Crippen LogP) is 3.12. The van der Waals surface area contributed by atoms with Gasteiger partial charge in [-0.15, -0.1) is 0 Å². The Morgan fingerprint density at radius 3 is 2.62 bits per heavy atom.